The van der Waals surface area contributed by atoms with Crippen molar-refractivity contribution in [2.75, 3.05) is 26.2 Å². The van der Waals surface area contributed by atoms with Crippen LogP contribution in [-0.2, 0) is 10.2 Å². The number of carboxylic acid groups (broad SMARTS) is 1. The number of allylic oxidation sites excluding steroid dienone is 2. The first-order valence-corrected chi connectivity index (χ1v) is 11.4. The highest BCUT2D eigenvalue weighted by atomic mass is 19.1. The molecule has 5 nitrogen and oxygen atoms in total. The molecular formula is C25H35FN2O3. The molecule has 1 unspecified atom stereocenters. The normalized spacial score (nSPS) is 22.9. The lowest BCUT2D eigenvalue weighted by atomic mass is 9.77. The maximum atomic E-state index is 14.6. The van der Waals surface area contributed by atoms with Crippen LogP contribution in [0.2, 0.25) is 0 Å². The Bertz CT molecular complexity index is 809. The minimum atomic E-state index is -1.07. The van der Waals surface area contributed by atoms with E-state index >= 15 is 0 Å². The molecule has 0 bridgehead atoms. The average molecular weight is 431 g/mol. The lowest BCUT2D eigenvalue weighted by Gasteiger charge is -2.36. The van der Waals surface area contributed by atoms with Gasteiger partial charge >= 0.3 is 5.97 Å². The number of aromatic nitrogens is 1. The molecular weight excluding hydrogens is 395 g/mol. The van der Waals surface area contributed by atoms with Gasteiger partial charge in [-0.05, 0) is 56.7 Å². The zero-order valence-electron chi connectivity index (χ0n) is 18.9. The van der Waals surface area contributed by atoms with Crippen LogP contribution in [0.15, 0.2) is 42.1 Å². The molecule has 1 atom stereocenters. The van der Waals surface area contributed by atoms with E-state index in [-0.39, 0.29) is 5.41 Å². The quantitative estimate of drug-likeness (QED) is 0.602. The van der Waals surface area contributed by atoms with E-state index in [9.17, 15) is 9.18 Å². The van der Waals surface area contributed by atoms with Crippen LogP contribution in [-0.4, -0.2) is 52.9 Å². The van der Waals surface area contributed by atoms with E-state index in [0.29, 0.717) is 49.8 Å². The molecule has 0 spiro atoms. The molecule has 1 aromatic rings. The number of hydrogen-bond donors (Lipinski definition) is 1. The van der Waals surface area contributed by atoms with Gasteiger partial charge in [-0.15, -0.1) is 0 Å². The second kappa shape index (κ2) is 9.94. The van der Waals surface area contributed by atoms with Crippen molar-refractivity contribution in [3.8, 4) is 5.88 Å². The van der Waals surface area contributed by atoms with Crippen LogP contribution < -0.4 is 4.74 Å². The van der Waals surface area contributed by atoms with E-state index in [1.807, 2.05) is 38.3 Å². The highest BCUT2D eigenvalue weighted by molar-refractivity contribution is 5.90. The Morgan fingerprint density at radius 3 is 2.55 bits per heavy atom. The van der Waals surface area contributed by atoms with Crippen LogP contribution >= 0.6 is 0 Å². The van der Waals surface area contributed by atoms with Crippen molar-refractivity contribution in [3.63, 3.8) is 0 Å². The molecule has 1 fully saturated rings. The monoisotopic (exact) mass is 430 g/mol. The molecule has 1 saturated heterocycles. The highest BCUT2D eigenvalue weighted by Gasteiger charge is 2.30. The molecule has 2 aliphatic rings. The third kappa shape index (κ3) is 5.94. The molecule has 1 aliphatic carbocycles. The van der Waals surface area contributed by atoms with Crippen molar-refractivity contribution in [2.45, 2.75) is 64.0 Å². The number of aliphatic carboxylic acids is 1. The van der Waals surface area contributed by atoms with Crippen molar-refractivity contribution in [1.29, 1.82) is 0 Å². The minimum Gasteiger partial charge on any atom is -0.478 e. The van der Waals surface area contributed by atoms with Gasteiger partial charge in [0.25, 0.3) is 0 Å². The maximum Gasteiger partial charge on any atom is 0.335 e. The molecule has 3 rings (SSSR count). The summed E-state index contributed by atoms with van der Waals surface area (Å²) >= 11 is 0. The fourth-order valence-electron chi connectivity index (χ4n) is 4.30. The number of piperidine rings is 1. The van der Waals surface area contributed by atoms with Gasteiger partial charge in [0.15, 0.2) is 0 Å². The molecule has 0 saturated carbocycles. The number of nitrogens with zero attached hydrogens (tertiary/aromatic N) is 2. The molecule has 1 N–H and O–H groups in total. The van der Waals surface area contributed by atoms with Crippen LogP contribution in [0.25, 0.3) is 0 Å². The lowest BCUT2D eigenvalue weighted by molar-refractivity contribution is -0.132. The first-order valence-electron chi connectivity index (χ1n) is 11.4. The molecule has 0 aromatic carbocycles. The van der Waals surface area contributed by atoms with Crippen LogP contribution in [0.5, 0.6) is 5.88 Å². The molecule has 170 valence electrons. The number of carboxylic acids is 1. The summed E-state index contributed by atoms with van der Waals surface area (Å²) < 4.78 is 20.6. The molecule has 1 aliphatic heterocycles. The van der Waals surface area contributed by atoms with Gasteiger partial charge in [-0.1, -0.05) is 45.1 Å². The number of rotatable bonds is 9. The fourth-order valence-corrected chi connectivity index (χ4v) is 4.30. The largest absolute Gasteiger partial charge is 0.478 e. The first kappa shape index (κ1) is 23.5. The van der Waals surface area contributed by atoms with Crippen molar-refractivity contribution in [2.24, 2.45) is 5.92 Å². The van der Waals surface area contributed by atoms with E-state index in [2.05, 4.69) is 16.8 Å². The Kier molecular flexibility index (Phi) is 7.52. The predicted octanol–water partition coefficient (Wildman–Crippen LogP) is 4.93. The van der Waals surface area contributed by atoms with Gasteiger partial charge in [0, 0.05) is 24.2 Å². The Morgan fingerprint density at radius 1 is 1.32 bits per heavy atom. The molecule has 31 heavy (non-hydrogen) atoms. The molecule has 0 radical (unpaired) electrons. The molecule has 6 heteroatoms. The summed E-state index contributed by atoms with van der Waals surface area (Å²) in [5.74, 6) is 0.176. The molecule has 0 amide bonds. The summed E-state index contributed by atoms with van der Waals surface area (Å²) in [7, 11) is 0. The van der Waals surface area contributed by atoms with Crippen molar-refractivity contribution in [3.05, 3.63) is 47.7 Å². The van der Waals surface area contributed by atoms with Crippen LogP contribution in [0.3, 0.4) is 0 Å². The van der Waals surface area contributed by atoms with Crippen molar-refractivity contribution >= 4 is 5.97 Å². The number of halogens is 1. The zero-order chi connectivity index (χ0) is 22.5. The minimum absolute atomic E-state index is 0.264. The van der Waals surface area contributed by atoms with Crippen molar-refractivity contribution in [1.82, 2.24) is 9.88 Å². The van der Waals surface area contributed by atoms with Crippen LogP contribution in [0, 0.1) is 5.92 Å². The standard InChI is InChI=1S/C25H35FN2O3/c1-4-25(26,5-2)18-28-14-10-19(11-15-28)17-31-22-7-6-21(16-27-22)24(3)12-8-20(9-13-24)23(29)30/h6-9,12,16,19H,4-5,10-11,13-15,17-18H2,1-3H3,(H,29,30). The van der Waals surface area contributed by atoms with Gasteiger partial charge in [-0.25, -0.2) is 14.2 Å². The van der Waals surface area contributed by atoms with Gasteiger partial charge in [0.1, 0.15) is 5.67 Å². The number of pyridine rings is 1. The second-order valence-corrected chi connectivity index (χ2v) is 9.19. The summed E-state index contributed by atoms with van der Waals surface area (Å²) in [4.78, 5) is 17.8. The number of hydrogen-bond acceptors (Lipinski definition) is 4. The summed E-state index contributed by atoms with van der Waals surface area (Å²) in [5, 5.41) is 9.10. The summed E-state index contributed by atoms with van der Waals surface area (Å²) in [6.45, 7) is 8.93. The Morgan fingerprint density at radius 2 is 2.03 bits per heavy atom. The zero-order valence-corrected chi connectivity index (χ0v) is 18.9. The average Bonchev–Trinajstić information content (AvgIpc) is 2.79. The Hall–Kier alpha value is -2.21. The Balaban J connectivity index is 1.46. The van der Waals surface area contributed by atoms with Gasteiger partial charge in [0.2, 0.25) is 5.88 Å². The van der Waals surface area contributed by atoms with Gasteiger partial charge < -0.3 is 14.7 Å². The van der Waals surface area contributed by atoms with E-state index < -0.39 is 11.6 Å². The third-order valence-electron chi connectivity index (χ3n) is 6.97. The number of carbonyl (C=O) groups is 1. The Labute approximate surface area is 185 Å². The number of likely N-dealkylation sites (tertiary alicyclic amines) is 1. The van der Waals surface area contributed by atoms with E-state index in [1.165, 1.54) is 0 Å². The molecule has 2 heterocycles. The van der Waals surface area contributed by atoms with Crippen molar-refractivity contribution < 1.29 is 19.0 Å². The van der Waals surface area contributed by atoms with E-state index in [4.69, 9.17) is 9.84 Å². The second-order valence-electron chi connectivity index (χ2n) is 9.19. The topological polar surface area (TPSA) is 62.7 Å². The van der Waals surface area contributed by atoms with Gasteiger partial charge in [-0.3, -0.25) is 0 Å². The number of ether oxygens (including phenoxy) is 1. The molecule has 1 aromatic heterocycles. The maximum absolute atomic E-state index is 14.6. The highest BCUT2D eigenvalue weighted by Crippen LogP contribution is 2.34. The third-order valence-corrected chi connectivity index (χ3v) is 6.97. The van der Waals surface area contributed by atoms with E-state index in [1.54, 1.807) is 12.2 Å². The first-order chi connectivity index (χ1) is 14.8. The number of alkyl halides is 1. The predicted molar refractivity (Wildman–Crippen MR) is 120 cm³/mol. The van der Waals surface area contributed by atoms with Crippen LogP contribution in [0.4, 0.5) is 4.39 Å². The van der Waals surface area contributed by atoms with Gasteiger partial charge in [0.05, 0.1) is 12.2 Å². The lowest BCUT2D eigenvalue weighted by Crippen LogP contribution is -2.44. The van der Waals surface area contributed by atoms with E-state index in [0.717, 1.165) is 31.5 Å². The summed E-state index contributed by atoms with van der Waals surface area (Å²) in [6.07, 6.45) is 11.0. The SMILES string of the molecule is CCC(F)(CC)CN1CCC(COc2ccc(C3(C)C=CC(C(=O)O)=CC3)cn2)CC1. The summed E-state index contributed by atoms with van der Waals surface area (Å²) in [6, 6.07) is 3.89. The summed E-state index contributed by atoms with van der Waals surface area (Å²) in [5.41, 5.74) is 0.0362. The smallest absolute Gasteiger partial charge is 0.335 e. The van der Waals surface area contributed by atoms with Gasteiger partial charge in [-0.2, -0.15) is 0 Å². The van der Waals surface area contributed by atoms with Crippen LogP contribution in [0.1, 0.15) is 58.4 Å². The fraction of sp³-hybridized carbons (Fsp3) is 0.600.